The van der Waals surface area contributed by atoms with E-state index in [1.54, 1.807) is 6.92 Å². The molecule has 0 radical (unpaired) electrons. The van der Waals surface area contributed by atoms with Crippen LogP contribution in [0.2, 0.25) is 0 Å². The molecule has 8 rings (SSSR count). The summed E-state index contributed by atoms with van der Waals surface area (Å²) < 4.78 is 12.0. The largest absolute Gasteiger partial charge is 0.365 e. The van der Waals surface area contributed by atoms with Crippen LogP contribution in [0.15, 0.2) is 0 Å². The SMILES string of the molecule is CC1C(=O)C2CCC1(O)OC21CCCC1.CC1C(=O)C2CCC1(O)OC21CCCCC1.[W].[W]. The molecule has 6 unspecified atom stereocenters. The Hall–Kier alpha value is 0.557. The number of carbonyl (C=O) groups excluding carboxylic acids is 2. The molecule has 4 saturated heterocycles. The second-order valence-corrected chi connectivity index (χ2v) is 11.2. The zero-order valence-electron chi connectivity index (χ0n) is 19.8. The van der Waals surface area contributed by atoms with Crippen LogP contribution in [0.1, 0.15) is 97.3 Å². The number of fused-ring (bicyclic) bond motifs is 4. The molecule has 0 aromatic heterocycles. The molecule has 0 aromatic carbocycles. The van der Waals surface area contributed by atoms with Crippen LogP contribution < -0.4 is 0 Å². The van der Waals surface area contributed by atoms with Crippen LogP contribution in [0.25, 0.3) is 0 Å². The van der Waals surface area contributed by atoms with Gasteiger partial charge >= 0.3 is 0 Å². The van der Waals surface area contributed by atoms with Crippen molar-refractivity contribution < 1.29 is 71.4 Å². The topological polar surface area (TPSA) is 93.1 Å². The molecule has 4 heterocycles. The molecular formula is C25H38O6W2. The normalized spacial score (nSPS) is 44.1. The van der Waals surface area contributed by atoms with E-state index in [1.165, 1.54) is 6.42 Å². The second-order valence-electron chi connectivity index (χ2n) is 11.2. The van der Waals surface area contributed by atoms with Crippen LogP contribution in [0.3, 0.4) is 0 Å². The quantitative estimate of drug-likeness (QED) is 0.389. The fourth-order valence-corrected chi connectivity index (χ4v) is 7.66. The van der Waals surface area contributed by atoms with Gasteiger partial charge in [0.2, 0.25) is 0 Å². The summed E-state index contributed by atoms with van der Waals surface area (Å²) in [6.07, 6.45) is 12.5. The van der Waals surface area contributed by atoms with Crippen LogP contribution in [0.5, 0.6) is 0 Å². The molecule has 8 fully saturated rings. The number of hydrogen-bond donors (Lipinski definition) is 2. The molecule has 4 saturated carbocycles. The van der Waals surface area contributed by atoms with Gasteiger partial charge in [-0.15, -0.1) is 0 Å². The fourth-order valence-electron chi connectivity index (χ4n) is 7.66. The van der Waals surface area contributed by atoms with Gasteiger partial charge in [-0.1, -0.05) is 46.0 Å². The van der Waals surface area contributed by atoms with E-state index in [-0.39, 0.29) is 88.6 Å². The van der Waals surface area contributed by atoms with E-state index in [1.807, 2.05) is 6.92 Å². The van der Waals surface area contributed by atoms with E-state index >= 15 is 0 Å². The number of hydrogen-bond acceptors (Lipinski definition) is 6. The zero-order valence-corrected chi connectivity index (χ0v) is 25.7. The Bertz CT molecular complexity index is 762. The summed E-state index contributed by atoms with van der Waals surface area (Å²) in [6, 6.07) is 0. The van der Waals surface area contributed by atoms with Crippen molar-refractivity contribution in [1.29, 1.82) is 0 Å². The maximum Gasteiger partial charge on any atom is 0.175 e. The molecule has 4 bridgehead atoms. The van der Waals surface area contributed by atoms with Crippen molar-refractivity contribution in [3.8, 4) is 0 Å². The summed E-state index contributed by atoms with van der Waals surface area (Å²) in [6.45, 7) is 3.61. The Kier molecular flexibility index (Phi) is 8.34. The monoisotopic (exact) mass is 802 g/mol. The molecular weight excluding hydrogens is 764 g/mol. The van der Waals surface area contributed by atoms with Crippen molar-refractivity contribution in [3.63, 3.8) is 0 Å². The Morgan fingerprint density at radius 1 is 0.636 bits per heavy atom. The number of Topliss-reactive ketones (excluding diaryl/α,β-unsaturated/α-hetero) is 2. The summed E-state index contributed by atoms with van der Waals surface area (Å²) in [5, 5.41) is 20.8. The smallest absolute Gasteiger partial charge is 0.175 e. The second kappa shape index (κ2) is 9.79. The van der Waals surface area contributed by atoms with E-state index in [0.717, 1.165) is 64.2 Å². The van der Waals surface area contributed by atoms with Gasteiger partial charge in [-0.25, -0.2) is 0 Å². The summed E-state index contributed by atoms with van der Waals surface area (Å²) in [4.78, 5) is 24.3. The number of aliphatic hydroxyl groups is 2. The minimum Gasteiger partial charge on any atom is -0.365 e. The Balaban J connectivity index is 0.000000175. The van der Waals surface area contributed by atoms with Crippen molar-refractivity contribution in [2.24, 2.45) is 23.7 Å². The van der Waals surface area contributed by atoms with Gasteiger partial charge in [-0.2, -0.15) is 0 Å². The van der Waals surface area contributed by atoms with E-state index < -0.39 is 11.6 Å². The van der Waals surface area contributed by atoms with Gasteiger partial charge in [-0.3, -0.25) is 9.59 Å². The van der Waals surface area contributed by atoms with Gasteiger partial charge in [0.25, 0.3) is 0 Å². The molecule has 8 heteroatoms. The molecule has 186 valence electrons. The number of ketones is 2. The first-order chi connectivity index (χ1) is 14.6. The van der Waals surface area contributed by atoms with Crippen LogP contribution >= 0.6 is 0 Å². The van der Waals surface area contributed by atoms with Crippen LogP contribution in [-0.4, -0.2) is 44.6 Å². The number of ether oxygens (including phenoxy) is 2. The average Bonchev–Trinajstić information content (AvgIpc) is 3.18. The summed E-state index contributed by atoms with van der Waals surface area (Å²) in [5.41, 5.74) is -0.606. The number of rotatable bonds is 0. The minimum atomic E-state index is -1.16. The van der Waals surface area contributed by atoms with Gasteiger partial charge in [0, 0.05) is 66.8 Å². The first kappa shape index (κ1) is 28.1. The molecule has 0 amide bonds. The van der Waals surface area contributed by atoms with Gasteiger partial charge in [0.05, 0.1) is 23.0 Å². The third-order valence-electron chi connectivity index (χ3n) is 9.66. The zero-order chi connectivity index (χ0) is 22.1. The van der Waals surface area contributed by atoms with Gasteiger partial charge < -0.3 is 19.7 Å². The molecule has 2 N–H and O–H groups in total. The summed E-state index contributed by atoms with van der Waals surface area (Å²) in [5.74, 6) is -2.40. The fraction of sp³-hybridized carbons (Fsp3) is 0.920. The molecule has 4 aliphatic carbocycles. The summed E-state index contributed by atoms with van der Waals surface area (Å²) >= 11 is 0. The first-order valence-corrected chi connectivity index (χ1v) is 12.6. The first-order valence-electron chi connectivity index (χ1n) is 12.6. The molecule has 33 heavy (non-hydrogen) atoms. The van der Waals surface area contributed by atoms with Crippen molar-refractivity contribution in [2.45, 2.75) is 120 Å². The van der Waals surface area contributed by atoms with Crippen LogP contribution in [-0.2, 0) is 61.2 Å². The van der Waals surface area contributed by atoms with Crippen molar-refractivity contribution in [3.05, 3.63) is 0 Å². The predicted molar refractivity (Wildman–Crippen MR) is 113 cm³/mol. The van der Waals surface area contributed by atoms with Gasteiger partial charge in [0.15, 0.2) is 11.6 Å². The van der Waals surface area contributed by atoms with Gasteiger partial charge in [0.1, 0.15) is 11.6 Å². The van der Waals surface area contributed by atoms with Crippen molar-refractivity contribution in [2.75, 3.05) is 0 Å². The van der Waals surface area contributed by atoms with Crippen LogP contribution in [0, 0.1) is 23.7 Å². The predicted octanol–water partition coefficient (Wildman–Crippen LogP) is 3.65. The molecule has 0 aromatic rings. The standard InChI is InChI=1S/C13H20O3.C12H18O3.2W/c1-9-11(14)10-5-8-13(9,15)16-12(10)6-3-2-4-7-12;1-8-10(13)9-4-7-12(8,14)15-11(9)5-2-3-6-11;;/h9-10,15H,2-8H2,1H3;8-9,14H,2-7H2,1H3;;. The Labute approximate surface area is 225 Å². The third kappa shape index (κ3) is 4.35. The van der Waals surface area contributed by atoms with E-state index in [2.05, 4.69) is 0 Å². The summed E-state index contributed by atoms with van der Waals surface area (Å²) in [7, 11) is 0. The molecule has 8 aliphatic rings. The van der Waals surface area contributed by atoms with E-state index in [9.17, 15) is 19.8 Å². The molecule has 4 aliphatic heterocycles. The number of carbonyl (C=O) groups is 2. The molecule has 2 spiro atoms. The van der Waals surface area contributed by atoms with Crippen LogP contribution in [0.4, 0.5) is 0 Å². The Morgan fingerprint density at radius 3 is 1.30 bits per heavy atom. The maximum absolute atomic E-state index is 12.2. The molecule has 6 nitrogen and oxygen atoms in total. The average molecular weight is 802 g/mol. The minimum absolute atomic E-state index is 0. The van der Waals surface area contributed by atoms with Crippen molar-refractivity contribution in [1.82, 2.24) is 0 Å². The third-order valence-corrected chi connectivity index (χ3v) is 9.66. The molecule has 6 atom stereocenters. The van der Waals surface area contributed by atoms with Gasteiger partial charge in [-0.05, 0) is 38.5 Å². The van der Waals surface area contributed by atoms with Crippen molar-refractivity contribution >= 4 is 11.6 Å². The Morgan fingerprint density at radius 2 is 0.970 bits per heavy atom. The van der Waals surface area contributed by atoms with E-state index in [0.29, 0.717) is 12.8 Å². The van der Waals surface area contributed by atoms with E-state index in [4.69, 9.17) is 9.47 Å². The maximum atomic E-state index is 12.2.